The maximum Gasteiger partial charge on any atom is 0.255 e. The Morgan fingerprint density at radius 3 is 2.41 bits per heavy atom. The van der Waals surface area contributed by atoms with Crippen molar-refractivity contribution in [2.24, 2.45) is 5.92 Å². The van der Waals surface area contributed by atoms with Gasteiger partial charge in [0.1, 0.15) is 11.3 Å². The van der Waals surface area contributed by atoms with E-state index in [1.54, 1.807) is 12.1 Å². The predicted molar refractivity (Wildman–Crippen MR) is 114 cm³/mol. The van der Waals surface area contributed by atoms with Gasteiger partial charge in [-0.1, -0.05) is 26.0 Å². The van der Waals surface area contributed by atoms with Gasteiger partial charge in [0.2, 0.25) is 5.89 Å². The summed E-state index contributed by atoms with van der Waals surface area (Å²) in [7, 11) is 0. The number of para-hydroxylation sites is 2. The summed E-state index contributed by atoms with van der Waals surface area (Å²) in [6, 6.07) is 22.2. The molecule has 0 unspecified atom stereocenters. The molecule has 29 heavy (non-hydrogen) atoms. The molecule has 0 bridgehead atoms. The predicted octanol–water partition coefficient (Wildman–Crippen LogP) is 5.78. The van der Waals surface area contributed by atoms with Gasteiger partial charge in [0.15, 0.2) is 5.58 Å². The Bertz CT molecular complexity index is 1080. The van der Waals surface area contributed by atoms with Crippen molar-refractivity contribution in [1.82, 2.24) is 4.98 Å². The number of rotatable bonds is 6. The summed E-state index contributed by atoms with van der Waals surface area (Å²) < 4.78 is 11.4. The number of ether oxygens (including phenoxy) is 1. The lowest BCUT2D eigenvalue weighted by atomic mass is 10.1. The first kappa shape index (κ1) is 18.7. The number of oxazole rings is 1. The van der Waals surface area contributed by atoms with Crippen molar-refractivity contribution in [3.63, 3.8) is 0 Å². The van der Waals surface area contributed by atoms with Crippen LogP contribution in [0.2, 0.25) is 0 Å². The Hall–Kier alpha value is -3.60. The maximum atomic E-state index is 12.5. The number of fused-ring (bicyclic) bond motifs is 1. The molecule has 5 nitrogen and oxygen atoms in total. The highest BCUT2D eigenvalue weighted by Gasteiger charge is 2.10. The fourth-order valence-electron chi connectivity index (χ4n) is 2.86. The summed E-state index contributed by atoms with van der Waals surface area (Å²) in [5.74, 6) is 1.60. The van der Waals surface area contributed by atoms with Crippen LogP contribution in [-0.2, 0) is 0 Å². The maximum absolute atomic E-state index is 12.5. The molecule has 0 aliphatic rings. The lowest BCUT2D eigenvalue weighted by Gasteiger charge is -2.09. The van der Waals surface area contributed by atoms with Crippen molar-refractivity contribution in [1.29, 1.82) is 0 Å². The molecule has 146 valence electrons. The van der Waals surface area contributed by atoms with Crippen LogP contribution in [0, 0.1) is 5.92 Å². The largest absolute Gasteiger partial charge is 0.493 e. The van der Waals surface area contributed by atoms with E-state index >= 15 is 0 Å². The second-order valence-electron chi connectivity index (χ2n) is 7.25. The van der Waals surface area contributed by atoms with Gasteiger partial charge in [-0.15, -0.1) is 0 Å². The Morgan fingerprint density at radius 1 is 1.00 bits per heavy atom. The van der Waals surface area contributed by atoms with E-state index in [1.165, 1.54) is 0 Å². The smallest absolute Gasteiger partial charge is 0.255 e. The number of nitrogens with zero attached hydrogens (tertiary/aromatic N) is 1. The van der Waals surface area contributed by atoms with Gasteiger partial charge < -0.3 is 14.5 Å². The third-order valence-corrected chi connectivity index (χ3v) is 4.38. The second kappa shape index (κ2) is 8.19. The molecule has 5 heteroatoms. The molecular formula is C24H22N2O3. The van der Waals surface area contributed by atoms with Crippen LogP contribution < -0.4 is 10.1 Å². The van der Waals surface area contributed by atoms with Crippen molar-refractivity contribution in [3.05, 3.63) is 78.4 Å². The molecule has 0 saturated heterocycles. The van der Waals surface area contributed by atoms with Crippen LogP contribution in [0.4, 0.5) is 5.69 Å². The highest BCUT2D eigenvalue weighted by Crippen LogP contribution is 2.25. The monoisotopic (exact) mass is 386 g/mol. The molecule has 4 rings (SSSR count). The molecule has 1 N–H and O–H groups in total. The Morgan fingerprint density at radius 2 is 1.72 bits per heavy atom. The Balaban J connectivity index is 1.42. The van der Waals surface area contributed by atoms with E-state index in [0.717, 1.165) is 22.4 Å². The van der Waals surface area contributed by atoms with Gasteiger partial charge in [0.25, 0.3) is 5.91 Å². The fraction of sp³-hybridized carbons (Fsp3) is 0.167. The summed E-state index contributed by atoms with van der Waals surface area (Å²) in [5.41, 5.74) is 3.70. The zero-order valence-corrected chi connectivity index (χ0v) is 16.4. The first-order valence-corrected chi connectivity index (χ1v) is 9.59. The topological polar surface area (TPSA) is 64.4 Å². The van der Waals surface area contributed by atoms with Crippen molar-refractivity contribution in [3.8, 4) is 17.2 Å². The number of carbonyl (C=O) groups is 1. The van der Waals surface area contributed by atoms with Crippen molar-refractivity contribution in [2.45, 2.75) is 13.8 Å². The number of nitrogens with one attached hydrogen (secondary N) is 1. The minimum atomic E-state index is -0.171. The molecule has 0 aliphatic carbocycles. The van der Waals surface area contributed by atoms with Gasteiger partial charge in [-0.25, -0.2) is 4.98 Å². The molecule has 1 heterocycles. The van der Waals surface area contributed by atoms with Gasteiger partial charge in [0, 0.05) is 16.8 Å². The summed E-state index contributed by atoms with van der Waals surface area (Å²) >= 11 is 0. The zero-order chi connectivity index (χ0) is 20.2. The standard InChI is InChI=1S/C24H22N2O3/c1-16(2)15-28-20-13-9-17(10-14-20)23(27)25-19-11-7-18(8-12-19)24-26-21-5-3-4-6-22(21)29-24/h3-14,16H,15H2,1-2H3,(H,25,27). The number of benzene rings is 3. The number of hydrogen-bond acceptors (Lipinski definition) is 4. The zero-order valence-electron chi connectivity index (χ0n) is 16.4. The van der Waals surface area contributed by atoms with Gasteiger partial charge >= 0.3 is 0 Å². The minimum absolute atomic E-state index is 0.171. The highest BCUT2D eigenvalue weighted by molar-refractivity contribution is 6.04. The fourth-order valence-corrected chi connectivity index (χ4v) is 2.86. The molecule has 3 aromatic carbocycles. The van der Waals surface area contributed by atoms with Gasteiger partial charge in [-0.2, -0.15) is 0 Å². The summed E-state index contributed by atoms with van der Waals surface area (Å²) in [4.78, 5) is 17.0. The normalized spacial score (nSPS) is 11.0. The van der Waals surface area contributed by atoms with E-state index in [2.05, 4.69) is 24.1 Å². The van der Waals surface area contributed by atoms with E-state index in [4.69, 9.17) is 9.15 Å². The molecule has 0 fully saturated rings. The van der Waals surface area contributed by atoms with E-state index in [0.29, 0.717) is 29.7 Å². The summed E-state index contributed by atoms with van der Waals surface area (Å²) in [5, 5.41) is 2.90. The van der Waals surface area contributed by atoms with Crippen molar-refractivity contribution >= 4 is 22.7 Å². The molecule has 1 amide bonds. The third kappa shape index (κ3) is 4.46. The van der Waals surface area contributed by atoms with E-state index in [1.807, 2.05) is 60.7 Å². The van der Waals surface area contributed by atoms with Gasteiger partial charge in [0.05, 0.1) is 6.61 Å². The minimum Gasteiger partial charge on any atom is -0.493 e. The van der Waals surface area contributed by atoms with E-state index < -0.39 is 0 Å². The molecule has 0 saturated carbocycles. The SMILES string of the molecule is CC(C)COc1ccc(C(=O)Nc2ccc(-c3nc4ccccc4o3)cc2)cc1. The van der Waals surface area contributed by atoms with Crippen molar-refractivity contribution < 1.29 is 13.9 Å². The Labute approximate surface area is 169 Å². The first-order valence-electron chi connectivity index (χ1n) is 9.59. The lowest BCUT2D eigenvalue weighted by Crippen LogP contribution is -2.11. The van der Waals surface area contributed by atoms with Crippen LogP contribution in [0.5, 0.6) is 5.75 Å². The highest BCUT2D eigenvalue weighted by atomic mass is 16.5. The molecular weight excluding hydrogens is 364 g/mol. The van der Waals surface area contributed by atoms with Crippen LogP contribution in [-0.4, -0.2) is 17.5 Å². The average molecular weight is 386 g/mol. The molecule has 0 atom stereocenters. The van der Waals surface area contributed by atoms with Gasteiger partial charge in [-0.05, 0) is 66.6 Å². The van der Waals surface area contributed by atoms with E-state index in [-0.39, 0.29) is 5.91 Å². The molecule has 4 aromatic rings. The molecule has 0 radical (unpaired) electrons. The van der Waals surface area contributed by atoms with E-state index in [9.17, 15) is 4.79 Å². The number of anilines is 1. The van der Waals surface area contributed by atoms with Crippen LogP contribution in [0.15, 0.2) is 77.2 Å². The van der Waals surface area contributed by atoms with Crippen LogP contribution in [0.25, 0.3) is 22.6 Å². The molecule has 0 spiro atoms. The van der Waals surface area contributed by atoms with Crippen LogP contribution >= 0.6 is 0 Å². The number of carbonyl (C=O) groups excluding carboxylic acids is 1. The lowest BCUT2D eigenvalue weighted by molar-refractivity contribution is 0.102. The summed E-state index contributed by atoms with van der Waals surface area (Å²) in [6.07, 6.45) is 0. The molecule has 1 aromatic heterocycles. The first-order chi connectivity index (χ1) is 14.1. The quantitative estimate of drug-likeness (QED) is 0.456. The Kier molecular flexibility index (Phi) is 5.29. The van der Waals surface area contributed by atoms with Gasteiger partial charge in [-0.3, -0.25) is 4.79 Å². The van der Waals surface area contributed by atoms with Crippen LogP contribution in [0.1, 0.15) is 24.2 Å². The average Bonchev–Trinajstić information content (AvgIpc) is 3.17. The van der Waals surface area contributed by atoms with Crippen molar-refractivity contribution in [2.75, 3.05) is 11.9 Å². The third-order valence-electron chi connectivity index (χ3n) is 4.38. The molecule has 0 aliphatic heterocycles. The summed E-state index contributed by atoms with van der Waals surface area (Å²) in [6.45, 7) is 4.84. The second-order valence-corrected chi connectivity index (χ2v) is 7.25. The number of hydrogen-bond donors (Lipinski definition) is 1. The number of aromatic nitrogens is 1. The van der Waals surface area contributed by atoms with Crippen LogP contribution in [0.3, 0.4) is 0 Å². The number of amides is 1.